The lowest BCUT2D eigenvalue weighted by molar-refractivity contribution is 0.209. The summed E-state index contributed by atoms with van der Waals surface area (Å²) in [6.07, 6.45) is -0.209. The second-order valence-corrected chi connectivity index (χ2v) is 2.00. The maximum Gasteiger partial charge on any atom is 0.450 e. The van der Waals surface area contributed by atoms with E-state index in [0.29, 0.717) is 0 Å². The van der Waals surface area contributed by atoms with Gasteiger partial charge in [-0.3, -0.25) is 0 Å². The summed E-state index contributed by atoms with van der Waals surface area (Å²) in [7, 11) is 0. The van der Waals surface area contributed by atoms with Gasteiger partial charge in [0.2, 0.25) is 6.08 Å². The predicted octanol–water partition coefficient (Wildman–Crippen LogP) is 1.66. The average molecular weight is 181 g/mol. The minimum absolute atomic E-state index is 0.272. The molecule has 0 heterocycles. The van der Waals surface area contributed by atoms with Crippen molar-refractivity contribution in [2.75, 3.05) is 0 Å². The Morgan fingerprint density at radius 1 is 1.46 bits per heavy atom. The van der Waals surface area contributed by atoms with Gasteiger partial charge in [-0.1, -0.05) is 17.1 Å². The first kappa shape index (κ1) is 9.09. The van der Waals surface area contributed by atoms with Crippen LogP contribution in [0.15, 0.2) is 29.3 Å². The summed E-state index contributed by atoms with van der Waals surface area (Å²) < 4.78 is 17.1. The predicted molar refractivity (Wildman–Crippen MR) is 40.5 cm³/mol. The van der Waals surface area contributed by atoms with Crippen molar-refractivity contribution in [2.24, 2.45) is 4.99 Å². The first-order valence-corrected chi connectivity index (χ1v) is 3.28. The highest BCUT2D eigenvalue weighted by atomic mass is 19.1. The Morgan fingerprint density at radius 2 is 2.15 bits per heavy atom. The van der Waals surface area contributed by atoms with E-state index in [4.69, 9.17) is 0 Å². The molecule has 0 aliphatic heterocycles. The second-order valence-electron chi connectivity index (χ2n) is 2.00. The Hall–Kier alpha value is -2.00. The first-order chi connectivity index (χ1) is 6.24. The van der Waals surface area contributed by atoms with Gasteiger partial charge < -0.3 is 4.74 Å². The van der Waals surface area contributed by atoms with Crippen molar-refractivity contribution in [3.63, 3.8) is 0 Å². The summed E-state index contributed by atoms with van der Waals surface area (Å²) in [4.78, 5) is 22.8. The second kappa shape index (κ2) is 4.13. The van der Waals surface area contributed by atoms with Crippen LogP contribution in [0.1, 0.15) is 0 Å². The molecule has 4 nitrogen and oxygen atoms in total. The molecule has 0 fully saturated rings. The van der Waals surface area contributed by atoms with Crippen LogP contribution in [0.4, 0.5) is 9.18 Å². The molecule has 13 heavy (non-hydrogen) atoms. The van der Waals surface area contributed by atoms with Crippen LogP contribution in [0.2, 0.25) is 0 Å². The minimum atomic E-state index is -1.19. The lowest BCUT2D eigenvalue weighted by atomic mass is 10.3. The summed E-state index contributed by atoms with van der Waals surface area (Å²) >= 11 is 0. The summed E-state index contributed by atoms with van der Waals surface area (Å²) in [6, 6.07) is 5.28. The third-order valence-electron chi connectivity index (χ3n) is 1.17. The molecular weight excluding hydrogens is 177 g/mol. The van der Waals surface area contributed by atoms with E-state index in [2.05, 4.69) is 9.73 Å². The van der Waals surface area contributed by atoms with E-state index >= 15 is 0 Å². The summed E-state index contributed by atoms with van der Waals surface area (Å²) in [5.74, 6) is -0.969. The Balaban J connectivity index is 2.80. The number of carbonyl (C=O) groups excluding carboxylic acids is 2. The molecule has 0 saturated carbocycles. The molecule has 5 heteroatoms. The van der Waals surface area contributed by atoms with E-state index in [9.17, 15) is 14.0 Å². The number of ether oxygens (including phenoxy) is 1. The molecule has 0 N–H and O–H groups in total. The molecule has 0 radical (unpaired) electrons. The topological polar surface area (TPSA) is 55.7 Å². The number of hydrogen-bond donors (Lipinski definition) is 0. The number of aliphatic imine (C=N–C) groups is 1. The van der Waals surface area contributed by atoms with Crippen LogP contribution in [0.25, 0.3) is 0 Å². The molecule has 0 aliphatic carbocycles. The quantitative estimate of drug-likeness (QED) is 0.489. The number of hydrogen-bond acceptors (Lipinski definition) is 3. The normalized spacial score (nSPS) is 8.69. The van der Waals surface area contributed by atoms with Crippen molar-refractivity contribution in [3.05, 3.63) is 30.1 Å². The lowest BCUT2D eigenvalue weighted by Gasteiger charge is -1.99. The third kappa shape index (κ3) is 2.50. The standard InChI is InChI=1S/C8H4FNO3/c9-6-3-1-2-4-7(6)13-8(12)10-5-11/h1-4H. The van der Waals surface area contributed by atoms with Crippen molar-refractivity contribution in [3.8, 4) is 5.75 Å². The van der Waals surface area contributed by atoms with Gasteiger partial charge in [-0.2, -0.15) is 0 Å². The number of rotatable bonds is 1. The van der Waals surface area contributed by atoms with Crippen LogP contribution in [-0.2, 0) is 4.79 Å². The summed E-state index contributed by atoms with van der Waals surface area (Å²) in [5, 5.41) is 0. The van der Waals surface area contributed by atoms with Gasteiger partial charge >= 0.3 is 6.09 Å². The number of isocyanates is 1. The number of carbonyl (C=O) groups is 1. The fourth-order valence-electron chi connectivity index (χ4n) is 0.682. The Bertz CT molecular complexity index is 371. The lowest BCUT2D eigenvalue weighted by Crippen LogP contribution is -2.02. The molecule has 0 atom stereocenters. The molecule has 0 spiro atoms. The maximum absolute atomic E-state index is 12.8. The van der Waals surface area contributed by atoms with Crippen LogP contribution in [0.5, 0.6) is 5.75 Å². The van der Waals surface area contributed by atoms with Crippen molar-refractivity contribution < 1.29 is 18.7 Å². The highest BCUT2D eigenvalue weighted by Crippen LogP contribution is 2.15. The number of para-hydroxylation sites is 1. The molecule has 1 amide bonds. The zero-order valence-corrected chi connectivity index (χ0v) is 6.36. The first-order valence-electron chi connectivity index (χ1n) is 3.28. The smallest absolute Gasteiger partial charge is 0.405 e. The molecule has 0 bridgehead atoms. The molecular formula is C8H4FNO3. The van der Waals surface area contributed by atoms with Crippen molar-refractivity contribution in [1.82, 2.24) is 0 Å². The molecule has 1 aromatic rings. The minimum Gasteiger partial charge on any atom is -0.405 e. The monoisotopic (exact) mass is 181 g/mol. The van der Waals surface area contributed by atoms with Gasteiger partial charge in [0.1, 0.15) is 0 Å². The van der Waals surface area contributed by atoms with Crippen LogP contribution in [-0.4, -0.2) is 12.2 Å². The zero-order chi connectivity index (χ0) is 9.68. The van der Waals surface area contributed by atoms with Crippen LogP contribution in [0.3, 0.4) is 0 Å². The molecule has 0 saturated heterocycles. The highest BCUT2D eigenvalue weighted by molar-refractivity contribution is 5.76. The maximum atomic E-state index is 12.8. The van der Waals surface area contributed by atoms with Gasteiger partial charge in [0.25, 0.3) is 0 Å². The summed E-state index contributed by atoms with van der Waals surface area (Å²) in [6.45, 7) is 0. The number of benzene rings is 1. The Kier molecular flexibility index (Phi) is 2.89. The van der Waals surface area contributed by atoms with E-state index in [-0.39, 0.29) is 5.75 Å². The highest BCUT2D eigenvalue weighted by Gasteiger charge is 2.06. The molecule has 0 unspecified atom stereocenters. The van der Waals surface area contributed by atoms with Crippen LogP contribution < -0.4 is 4.74 Å². The number of amides is 1. The van der Waals surface area contributed by atoms with Gasteiger partial charge in [0.05, 0.1) is 0 Å². The fourth-order valence-corrected chi connectivity index (χ4v) is 0.682. The SMILES string of the molecule is O=C=NC(=O)Oc1ccccc1F. The largest absolute Gasteiger partial charge is 0.450 e. The molecule has 1 rings (SSSR count). The van der Waals surface area contributed by atoms with E-state index < -0.39 is 11.9 Å². The van der Waals surface area contributed by atoms with Gasteiger partial charge in [0.15, 0.2) is 11.6 Å². The van der Waals surface area contributed by atoms with E-state index in [1.54, 1.807) is 0 Å². The fraction of sp³-hybridized carbons (Fsp3) is 0. The van der Waals surface area contributed by atoms with Crippen LogP contribution in [0, 0.1) is 5.82 Å². The molecule has 0 aliphatic rings. The Labute approximate surface area is 72.7 Å². The molecule has 1 aromatic carbocycles. The zero-order valence-electron chi connectivity index (χ0n) is 6.36. The molecule has 66 valence electrons. The molecule has 0 aromatic heterocycles. The average Bonchev–Trinajstić information content (AvgIpc) is 2.09. The van der Waals surface area contributed by atoms with Gasteiger partial charge in [-0.15, -0.1) is 0 Å². The van der Waals surface area contributed by atoms with Gasteiger partial charge in [-0.25, -0.2) is 14.0 Å². The van der Waals surface area contributed by atoms with Gasteiger partial charge in [0, 0.05) is 0 Å². The van der Waals surface area contributed by atoms with Crippen LogP contribution >= 0.6 is 0 Å². The van der Waals surface area contributed by atoms with Crippen molar-refractivity contribution in [1.29, 1.82) is 0 Å². The van der Waals surface area contributed by atoms with E-state index in [1.165, 1.54) is 18.2 Å². The van der Waals surface area contributed by atoms with Crippen molar-refractivity contribution in [2.45, 2.75) is 0 Å². The number of nitrogens with zero attached hydrogens (tertiary/aromatic N) is 1. The number of halogens is 1. The van der Waals surface area contributed by atoms with Gasteiger partial charge in [-0.05, 0) is 12.1 Å². The Morgan fingerprint density at radius 3 is 2.77 bits per heavy atom. The van der Waals surface area contributed by atoms with Crippen molar-refractivity contribution >= 4 is 12.2 Å². The van der Waals surface area contributed by atoms with E-state index in [1.807, 2.05) is 0 Å². The third-order valence-corrected chi connectivity index (χ3v) is 1.17. The van der Waals surface area contributed by atoms with E-state index in [0.717, 1.165) is 12.1 Å². The summed E-state index contributed by atoms with van der Waals surface area (Å²) in [5.41, 5.74) is 0.